The van der Waals surface area contributed by atoms with Gasteiger partial charge in [0.15, 0.2) is 17.1 Å². The molecule has 166 valence electrons. The molecule has 1 aliphatic rings. The van der Waals surface area contributed by atoms with Gasteiger partial charge < -0.3 is 24.1 Å². The topological polar surface area (TPSA) is 89.1 Å². The summed E-state index contributed by atoms with van der Waals surface area (Å²) in [6.45, 7) is 7.79. The number of methoxy groups -OCH3 is 1. The molecule has 1 aromatic heterocycles. The molecule has 0 aliphatic carbocycles. The van der Waals surface area contributed by atoms with Crippen molar-refractivity contribution in [3.05, 3.63) is 63.5 Å². The molecule has 0 bridgehead atoms. The van der Waals surface area contributed by atoms with Gasteiger partial charge in [-0.05, 0) is 64.0 Å². The summed E-state index contributed by atoms with van der Waals surface area (Å²) in [5.74, 6) is 0.556. The van der Waals surface area contributed by atoms with Crippen LogP contribution in [0.15, 0.2) is 51.4 Å². The molecule has 0 amide bonds. The van der Waals surface area contributed by atoms with Crippen LogP contribution in [0.5, 0.6) is 23.0 Å². The number of benzene rings is 2. The molecule has 3 aromatic rings. The summed E-state index contributed by atoms with van der Waals surface area (Å²) in [5.41, 5.74) is 2.22. The molecule has 4 rings (SSSR count). The van der Waals surface area contributed by atoms with Gasteiger partial charge in [0, 0.05) is 5.56 Å². The zero-order chi connectivity index (χ0) is 23.2. The molecule has 2 N–H and O–H groups in total. The van der Waals surface area contributed by atoms with Crippen molar-refractivity contribution in [3.8, 4) is 34.1 Å². The largest absolute Gasteiger partial charge is 0.507 e. The molecule has 0 spiro atoms. The van der Waals surface area contributed by atoms with Crippen LogP contribution in [0.2, 0.25) is 0 Å². The number of fused-ring (bicyclic) bond motifs is 3. The van der Waals surface area contributed by atoms with E-state index in [2.05, 4.69) is 0 Å². The fourth-order valence-corrected chi connectivity index (χ4v) is 3.81. The van der Waals surface area contributed by atoms with E-state index in [1.165, 1.54) is 19.4 Å². The molecule has 2 heterocycles. The maximum atomic E-state index is 13.5. The molecule has 0 fully saturated rings. The molecule has 6 heteroatoms. The lowest BCUT2D eigenvalue weighted by Crippen LogP contribution is -2.28. The van der Waals surface area contributed by atoms with E-state index in [1.54, 1.807) is 12.1 Å². The van der Waals surface area contributed by atoms with E-state index >= 15 is 0 Å². The van der Waals surface area contributed by atoms with Crippen LogP contribution >= 0.6 is 0 Å². The Morgan fingerprint density at radius 2 is 1.97 bits per heavy atom. The maximum absolute atomic E-state index is 13.5. The smallest absolute Gasteiger partial charge is 0.204 e. The summed E-state index contributed by atoms with van der Waals surface area (Å²) in [6, 6.07) is 4.66. The highest BCUT2D eigenvalue weighted by atomic mass is 16.5. The minimum Gasteiger partial charge on any atom is -0.507 e. The monoisotopic (exact) mass is 434 g/mol. The van der Waals surface area contributed by atoms with Crippen molar-refractivity contribution >= 4 is 17.0 Å². The van der Waals surface area contributed by atoms with Crippen LogP contribution in [0, 0.1) is 0 Å². The predicted molar refractivity (Wildman–Crippen MR) is 125 cm³/mol. The van der Waals surface area contributed by atoms with E-state index in [-0.39, 0.29) is 28.0 Å². The Kier molecular flexibility index (Phi) is 5.25. The summed E-state index contributed by atoms with van der Waals surface area (Å²) in [4.78, 5) is 13.5. The first kappa shape index (κ1) is 21.6. The zero-order valence-electron chi connectivity index (χ0n) is 18.8. The van der Waals surface area contributed by atoms with Crippen molar-refractivity contribution in [2.45, 2.75) is 39.7 Å². The third-order valence-corrected chi connectivity index (χ3v) is 5.50. The van der Waals surface area contributed by atoms with E-state index in [4.69, 9.17) is 13.9 Å². The number of hydrogen-bond donors (Lipinski definition) is 2. The highest BCUT2D eigenvalue weighted by molar-refractivity contribution is 5.97. The fraction of sp³-hybridized carbons (Fsp3) is 0.269. The Labute approximate surface area is 186 Å². The van der Waals surface area contributed by atoms with Crippen LogP contribution in [0.3, 0.4) is 0 Å². The fourth-order valence-electron chi connectivity index (χ4n) is 3.81. The molecule has 32 heavy (non-hydrogen) atoms. The van der Waals surface area contributed by atoms with Gasteiger partial charge in [0.05, 0.1) is 18.2 Å². The van der Waals surface area contributed by atoms with Gasteiger partial charge in [0.25, 0.3) is 0 Å². The number of rotatable bonds is 4. The third kappa shape index (κ3) is 3.62. The number of hydrogen-bond acceptors (Lipinski definition) is 6. The van der Waals surface area contributed by atoms with Crippen molar-refractivity contribution in [2.24, 2.45) is 0 Å². The van der Waals surface area contributed by atoms with Crippen molar-refractivity contribution in [1.29, 1.82) is 0 Å². The van der Waals surface area contributed by atoms with E-state index in [1.807, 2.05) is 45.9 Å². The average molecular weight is 434 g/mol. The lowest BCUT2D eigenvalue weighted by molar-refractivity contribution is 0.157. The summed E-state index contributed by atoms with van der Waals surface area (Å²) >= 11 is 0. The molecule has 0 saturated heterocycles. The summed E-state index contributed by atoms with van der Waals surface area (Å²) in [7, 11) is 1.45. The van der Waals surface area contributed by atoms with Gasteiger partial charge in [-0.3, -0.25) is 4.79 Å². The Morgan fingerprint density at radius 3 is 2.62 bits per heavy atom. The molecule has 0 radical (unpaired) electrons. The third-order valence-electron chi connectivity index (χ3n) is 5.50. The van der Waals surface area contributed by atoms with Crippen molar-refractivity contribution in [1.82, 2.24) is 0 Å². The predicted octanol–water partition coefficient (Wildman–Crippen LogP) is 5.57. The van der Waals surface area contributed by atoms with E-state index in [0.29, 0.717) is 34.6 Å². The van der Waals surface area contributed by atoms with Gasteiger partial charge in [-0.1, -0.05) is 17.7 Å². The van der Waals surface area contributed by atoms with Crippen molar-refractivity contribution in [2.75, 3.05) is 7.11 Å². The van der Waals surface area contributed by atoms with Gasteiger partial charge in [-0.2, -0.15) is 0 Å². The van der Waals surface area contributed by atoms with Crippen LogP contribution in [0.4, 0.5) is 0 Å². The number of phenolic OH excluding ortho intramolecular Hbond substituents is 2. The van der Waals surface area contributed by atoms with E-state index in [9.17, 15) is 15.0 Å². The minimum absolute atomic E-state index is 0.0849. The Balaban J connectivity index is 2.02. The molecule has 0 atom stereocenters. The van der Waals surface area contributed by atoms with Gasteiger partial charge in [0.1, 0.15) is 28.7 Å². The second-order valence-electron chi connectivity index (χ2n) is 8.66. The zero-order valence-corrected chi connectivity index (χ0v) is 18.8. The highest BCUT2D eigenvalue weighted by Crippen LogP contribution is 2.45. The highest BCUT2D eigenvalue weighted by Gasteiger charge is 2.30. The number of ether oxygens (including phenoxy) is 2. The average Bonchev–Trinajstić information content (AvgIpc) is 2.72. The van der Waals surface area contributed by atoms with Gasteiger partial charge in [-0.25, -0.2) is 0 Å². The van der Waals surface area contributed by atoms with Crippen LogP contribution in [0.25, 0.3) is 28.2 Å². The number of allylic oxidation sites excluding steroid dienone is 2. The van der Waals surface area contributed by atoms with Gasteiger partial charge in [-0.15, -0.1) is 0 Å². The standard InChI is InChI=1S/C26H26O6/c1-14(2)6-8-16-22(28)21-23(29)18(15-7-9-20(30-5)19(27)12-15)13-31-25(21)17-10-11-26(3,4)32-24(16)17/h6-7,9-13,27-28H,8H2,1-5H3. The summed E-state index contributed by atoms with van der Waals surface area (Å²) in [5, 5.41) is 21.4. The quantitative estimate of drug-likeness (QED) is 0.522. The van der Waals surface area contributed by atoms with Crippen LogP contribution in [0.1, 0.15) is 38.8 Å². The molecular weight excluding hydrogens is 408 g/mol. The number of aromatic hydroxyl groups is 2. The first-order chi connectivity index (χ1) is 15.1. The minimum atomic E-state index is -0.562. The molecule has 0 unspecified atom stereocenters. The van der Waals surface area contributed by atoms with Crippen molar-refractivity contribution in [3.63, 3.8) is 0 Å². The summed E-state index contributed by atoms with van der Waals surface area (Å²) < 4.78 is 17.1. The lowest BCUT2D eigenvalue weighted by atomic mass is 9.93. The molecular formula is C26H26O6. The Hall–Kier alpha value is -3.67. The Morgan fingerprint density at radius 1 is 1.22 bits per heavy atom. The van der Waals surface area contributed by atoms with Crippen molar-refractivity contribution < 1.29 is 24.1 Å². The maximum Gasteiger partial charge on any atom is 0.204 e. The van der Waals surface area contributed by atoms with Crippen LogP contribution < -0.4 is 14.9 Å². The molecule has 1 aliphatic heterocycles. The normalized spacial score (nSPS) is 14.0. The molecule has 6 nitrogen and oxygen atoms in total. The summed E-state index contributed by atoms with van der Waals surface area (Å²) in [6.07, 6.45) is 7.49. The Bertz CT molecular complexity index is 1340. The number of phenols is 2. The van der Waals surface area contributed by atoms with Gasteiger partial charge >= 0.3 is 0 Å². The second-order valence-corrected chi connectivity index (χ2v) is 8.66. The first-order valence-corrected chi connectivity index (χ1v) is 10.3. The SMILES string of the molecule is COc1ccc(-c2coc3c4c(c(CC=C(C)C)c(O)c3c2=O)OC(C)(C)C=C4)cc1O. The van der Waals surface area contributed by atoms with Gasteiger partial charge in [0.2, 0.25) is 5.43 Å². The molecule has 2 aromatic carbocycles. The van der Waals surface area contributed by atoms with E-state index < -0.39 is 11.0 Å². The first-order valence-electron chi connectivity index (χ1n) is 10.3. The van der Waals surface area contributed by atoms with Crippen LogP contribution in [-0.2, 0) is 6.42 Å². The van der Waals surface area contributed by atoms with E-state index in [0.717, 1.165) is 5.57 Å². The second kappa shape index (κ2) is 7.79. The lowest BCUT2D eigenvalue weighted by Gasteiger charge is -2.30. The van der Waals surface area contributed by atoms with Crippen LogP contribution in [-0.4, -0.2) is 22.9 Å². The molecule has 0 saturated carbocycles.